The molecular weight excluding hydrogens is 238 g/mol. The van der Waals surface area contributed by atoms with Gasteiger partial charge in [0.25, 0.3) is 0 Å². The lowest BCUT2D eigenvalue weighted by Crippen LogP contribution is -2.31. The van der Waals surface area contributed by atoms with Crippen molar-refractivity contribution in [3.63, 3.8) is 0 Å². The molecule has 0 saturated heterocycles. The van der Waals surface area contributed by atoms with Crippen LogP contribution in [0.3, 0.4) is 0 Å². The SMILES string of the molecule is CCCn1ccnc1C(NN)c1cc(C)nc(C)c1. The van der Waals surface area contributed by atoms with E-state index in [4.69, 9.17) is 5.84 Å². The molecule has 0 aliphatic heterocycles. The van der Waals surface area contributed by atoms with Crippen LogP contribution in [0, 0.1) is 13.8 Å². The maximum atomic E-state index is 5.74. The van der Waals surface area contributed by atoms with Gasteiger partial charge in [0, 0.05) is 30.3 Å². The van der Waals surface area contributed by atoms with E-state index in [9.17, 15) is 0 Å². The van der Waals surface area contributed by atoms with Crippen LogP contribution in [-0.2, 0) is 6.54 Å². The highest BCUT2D eigenvalue weighted by molar-refractivity contribution is 5.28. The minimum Gasteiger partial charge on any atom is -0.333 e. The molecule has 2 rings (SSSR count). The third-order valence-corrected chi connectivity index (χ3v) is 3.07. The topological polar surface area (TPSA) is 68.8 Å². The zero-order valence-electron chi connectivity index (χ0n) is 11.7. The van der Waals surface area contributed by atoms with Crippen molar-refractivity contribution in [2.24, 2.45) is 5.84 Å². The van der Waals surface area contributed by atoms with Crippen LogP contribution < -0.4 is 11.3 Å². The molecule has 0 aromatic carbocycles. The molecule has 3 N–H and O–H groups in total. The average Bonchev–Trinajstić information content (AvgIpc) is 2.78. The van der Waals surface area contributed by atoms with Crippen LogP contribution in [0.15, 0.2) is 24.5 Å². The Hall–Kier alpha value is -1.72. The zero-order chi connectivity index (χ0) is 13.8. The van der Waals surface area contributed by atoms with Crippen molar-refractivity contribution >= 4 is 0 Å². The second-order valence-electron chi connectivity index (χ2n) is 4.76. The van der Waals surface area contributed by atoms with E-state index in [0.717, 1.165) is 35.7 Å². The normalized spacial score (nSPS) is 12.6. The van der Waals surface area contributed by atoms with Crippen LogP contribution in [0.4, 0.5) is 0 Å². The first-order valence-corrected chi connectivity index (χ1v) is 6.58. The number of hydrazine groups is 1. The molecule has 5 heteroatoms. The van der Waals surface area contributed by atoms with Gasteiger partial charge < -0.3 is 4.57 Å². The molecule has 0 spiro atoms. The average molecular weight is 259 g/mol. The fourth-order valence-corrected chi connectivity index (χ4v) is 2.36. The Kier molecular flexibility index (Phi) is 4.29. The van der Waals surface area contributed by atoms with Gasteiger partial charge in [0.1, 0.15) is 11.9 Å². The first-order valence-electron chi connectivity index (χ1n) is 6.58. The Morgan fingerprint density at radius 3 is 2.58 bits per heavy atom. The highest BCUT2D eigenvalue weighted by Crippen LogP contribution is 2.21. The molecule has 0 aliphatic carbocycles. The fraction of sp³-hybridized carbons (Fsp3) is 0.429. The highest BCUT2D eigenvalue weighted by atomic mass is 15.3. The molecule has 5 nitrogen and oxygen atoms in total. The van der Waals surface area contributed by atoms with Gasteiger partial charge in [-0.25, -0.2) is 10.4 Å². The monoisotopic (exact) mass is 259 g/mol. The summed E-state index contributed by atoms with van der Waals surface area (Å²) in [6.07, 6.45) is 4.87. The molecule has 0 radical (unpaired) electrons. The predicted molar refractivity (Wildman–Crippen MR) is 75.4 cm³/mol. The lowest BCUT2D eigenvalue weighted by Gasteiger charge is -2.18. The summed E-state index contributed by atoms with van der Waals surface area (Å²) in [5, 5.41) is 0. The van der Waals surface area contributed by atoms with Crippen LogP contribution in [0.2, 0.25) is 0 Å². The number of nitrogens with zero attached hydrogens (tertiary/aromatic N) is 3. The Balaban J connectivity index is 2.40. The van der Waals surface area contributed by atoms with Crippen molar-refractivity contribution in [2.45, 2.75) is 39.8 Å². The van der Waals surface area contributed by atoms with Crippen LogP contribution >= 0.6 is 0 Å². The number of aryl methyl sites for hydroxylation is 3. The number of rotatable bonds is 5. The second kappa shape index (κ2) is 5.95. The third kappa shape index (κ3) is 3.00. The first kappa shape index (κ1) is 13.7. The zero-order valence-corrected chi connectivity index (χ0v) is 11.7. The summed E-state index contributed by atoms with van der Waals surface area (Å²) in [5.41, 5.74) is 5.94. The Bertz CT molecular complexity index is 526. The molecule has 2 heterocycles. The van der Waals surface area contributed by atoms with Gasteiger partial charge in [0.05, 0.1) is 0 Å². The van der Waals surface area contributed by atoms with Crippen LogP contribution in [0.5, 0.6) is 0 Å². The smallest absolute Gasteiger partial charge is 0.131 e. The van der Waals surface area contributed by atoms with E-state index in [2.05, 4.69) is 26.9 Å². The number of hydrogen-bond donors (Lipinski definition) is 2. The summed E-state index contributed by atoms with van der Waals surface area (Å²) in [7, 11) is 0. The first-order chi connectivity index (χ1) is 9.15. The summed E-state index contributed by atoms with van der Waals surface area (Å²) in [6, 6.07) is 3.98. The van der Waals surface area contributed by atoms with E-state index in [0.29, 0.717) is 0 Å². The minimum absolute atomic E-state index is 0.109. The minimum atomic E-state index is -0.109. The molecule has 102 valence electrons. The summed E-state index contributed by atoms with van der Waals surface area (Å²) in [6.45, 7) is 7.07. The van der Waals surface area contributed by atoms with Crippen molar-refractivity contribution in [3.8, 4) is 0 Å². The summed E-state index contributed by atoms with van der Waals surface area (Å²) in [4.78, 5) is 8.84. The van der Waals surface area contributed by atoms with E-state index < -0.39 is 0 Å². The van der Waals surface area contributed by atoms with Gasteiger partial charge in [0.2, 0.25) is 0 Å². The molecule has 0 saturated carbocycles. The number of nitrogens with one attached hydrogen (secondary N) is 1. The van der Waals surface area contributed by atoms with E-state index in [1.807, 2.05) is 38.4 Å². The lowest BCUT2D eigenvalue weighted by atomic mass is 10.1. The molecule has 1 unspecified atom stereocenters. The summed E-state index contributed by atoms with van der Waals surface area (Å²) < 4.78 is 2.13. The molecule has 0 amide bonds. The largest absolute Gasteiger partial charge is 0.333 e. The lowest BCUT2D eigenvalue weighted by molar-refractivity contribution is 0.544. The number of pyridine rings is 1. The Labute approximate surface area is 113 Å². The molecule has 1 atom stereocenters. The standard InChI is InChI=1S/C14H21N5/c1-4-6-19-7-5-16-14(19)13(18-15)12-8-10(2)17-11(3)9-12/h5,7-9,13,18H,4,6,15H2,1-3H3. The van der Waals surface area contributed by atoms with Crippen LogP contribution in [-0.4, -0.2) is 14.5 Å². The predicted octanol–water partition coefficient (Wildman–Crippen LogP) is 1.86. The molecule has 0 fully saturated rings. The van der Waals surface area contributed by atoms with E-state index in [1.54, 1.807) is 0 Å². The van der Waals surface area contributed by atoms with Crippen molar-refractivity contribution in [3.05, 3.63) is 47.3 Å². The molecular formula is C14H21N5. The van der Waals surface area contributed by atoms with Crippen molar-refractivity contribution < 1.29 is 0 Å². The number of nitrogens with two attached hydrogens (primary N) is 1. The van der Waals surface area contributed by atoms with E-state index >= 15 is 0 Å². The maximum Gasteiger partial charge on any atom is 0.131 e. The maximum absolute atomic E-state index is 5.74. The van der Waals surface area contributed by atoms with Gasteiger partial charge in [-0.1, -0.05) is 6.92 Å². The van der Waals surface area contributed by atoms with Gasteiger partial charge in [0.15, 0.2) is 0 Å². The van der Waals surface area contributed by atoms with Crippen molar-refractivity contribution in [1.82, 2.24) is 20.0 Å². The fourth-order valence-electron chi connectivity index (χ4n) is 2.36. The van der Waals surface area contributed by atoms with Crippen LogP contribution in [0.1, 0.15) is 42.2 Å². The quantitative estimate of drug-likeness (QED) is 0.635. The number of hydrogen-bond acceptors (Lipinski definition) is 4. The van der Waals surface area contributed by atoms with Gasteiger partial charge in [-0.2, -0.15) is 0 Å². The van der Waals surface area contributed by atoms with E-state index in [-0.39, 0.29) is 6.04 Å². The van der Waals surface area contributed by atoms with Gasteiger partial charge >= 0.3 is 0 Å². The molecule has 19 heavy (non-hydrogen) atoms. The van der Waals surface area contributed by atoms with Crippen molar-refractivity contribution in [2.75, 3.05) is 0 Å². The molecule has 2 aromatic heterocycles. The third-order valence-electron chi connectivity index (χ3n) is 3.07. The second-order valence-corrected chi connectivity index (χ2v) is 4.76. The Morgan fingerprint density at radius 1 is 1.32 bits per heavy atom. The highest BCUT2D eigenvalue weighted by Gasteiger charge is 2.18. The summed E-state index contributed by atoms with van der Waals surface area (Å²) >= 11 is 0. The molecule has 2 aromatic rings. The van der Waals surface area contributed by atoms with Gasteiger partial charge in [-0.05, 0) is 38.0 Å². The number of imidazole rings is 1. The van der Waals surface area contributed by atoms with Gasteiger partial charge in [-0.3, -0.25) is 10.8 Å². The molecule has 0 bridgehead atoms. The van der Waals surface area contributed by atoms with E-state index in [1.165, 1.54) is 0 Å². The number of aromatic nitrogens is 3. The summed E-state index contributed by atoms with van der Waals surface area (Å²) in [5.74, 6) is 6.68. The Morgan fingerprint density at radius 2 is 2.00 bits per heavy atom. The molecule has 0 aliphatic rings. The van der Waals surface area contributed by atoms with Crippen molar-refractivity contribution in [1.29, 1.82) is 0 Å². The van der Waals surface area contributed by atoms with Crippen LogP contribution in [0.25, 0.3) is 0 Å². The van der Waals surface area contributed by atoms with Gasteiger partial charge in [-0.15, -0.1) is 0 Å².